The Hall–Kier alpha value is -3.64. The highest BCUT2D eigenvalue weighted by atomic mass is 16.5. The van der Waals surface area contributed by atoms with Gasteiger partial charge in [0.2, 0.25) is 0 Å². The molecular weight excluding hydrogens is 448 g/mol. The predicted octanol–water partition coefficient (Wildman–Crippen LogP) is 5.73. The van der Waals surface area contributed by atoms with Gasteiger partial charge in [-0.25, -0.2) is 0 Å². The van der Waals surface area contributed by atoms with E-state index >= 15 is 0 Å². The Morgan fingerprint density at radius 3 is 2.53 bits per heavy atom. The molecule has 4 aromatic rings. The van der Waals surface area contributed by atoms with Crippen molar-refractivity contribution in [2.24, 2.45) is 7.05 Å². The lowest BCUT2D eigenvalue weighted by molar-refractivity contribution is 0.0916. The molecule has 1 fully saturated rings. The highest BCUT2D eigenvalue weighted by Gasteiger charge is 2.20. The van der Waals surface area contributed by atoms with E-state index in [0.29, 0.717) is 0 Å². The Bertz CT molecular complexity index is 1400. The lowest BCUT2D eigenvalue weighted by Crippen LogP contribution is -2.43. The van der Waals surface area contributed by atoms with Crippen LogP contribution >= 0.6 is 0 Å². The number of piperidine rings is 1. The van der Waals surface area contributed by atoms with Gasteiger partial charge in [0.1, 0.15) is 11.5 Å². The summed E-state index contributed by atoms with van der Waals surface area (Å²) in [7, 11) is 4.08. The minimum absolute atomic E-state index is 0.0332. The fraction of sp³-hybridized carbons (Fsp3) is 0.333. The van der Waals surface area contributed by atoms with Gasteiger partial charge in [0, 0.05) is 30.1 Å². The Morgan fingerprint density at radius 1 is 1.00 bits per heavy atom. The SMILES string of the molecule is CCc1cc(-c2cccc(Oc3ccc4c(C)nn(C)c4c3)c2)ccc1C(=O)NC1CCN(C)CC1. The van der Waals surface area contributed by atoms with E-state index in [1.54, 1.807) is 0 Å². The van der Waals surface area contributed by atoms with Crippen molar-refractivity contribution in [2.75, 3.05) is 20.1 Å². The second kappa shape index (κ2) is 10.2. The second-order valence-electron chi connectivity index (χ2n) is 9.79. The van der Waals surface area contributed by atoms with E-state index in [4.69, 9.17) is 4.74 Å². The molecule has 6 nitrogen and oxygen atoms in total. The summed E-state index contributed by atoms with van der Waals surface area (Å²) in [5, 5.41) is 8.88. The Kier molecular flexibility index (Phi) is 6.79. The molecule has 186 valence electrons. The maximum atomic E-state index is 13.0. The molecule has 1 saturated heterocycles. The van der Waals surface area contributed by atoms with E-state index in [2.05, 4.69) is 47.5 Å². The summed E-state index contributed by atoms with van der Waals surface area (Å²) in [5.41, 5.74) is 6.01. The molecular formula is C30H34N4O2. The van der Waals surface area contributed by atoms with Gasteiger partial charge >= 0.3 is 0 Å². The van der Waals surface area contributed by atoms with Crippen LogP contribution in [0, 0.1) is 6.92 Å². The number of rotatable bonds is 6. The molecule has 0 saturated carbocycles. The molecule has 1 aliphatic rings. The third-order valence-corrected chi connectivity index (χ3v) is 7.20. The number of ether oxygens (including phenoxy) is 1. The van der Waals surface area contributed by atoms with Crippen molar-refractivity contribution in [1.29, 1.82) is 0 Å². The molecule has 6 heteroatoms. The number of aryl methyl sites for hydroxylation is 3. The first-order valence-electron chi connectivity index (χ1n) is 12.7. The van der Waals surface area contributed by atoms with Crippen molar-refractivity contribution in [3.8, 4) is 22.6 Å². The van der Waals surface area contributed by atoms with Gasteiger partial charge in [0.15, 0.2) is 0 Å². The van der Waals surface area contributed by atoms with Crippen LogP contribution in [-0.2, 0) is 13.5 Å². The Morgan fingerprint density at radius 2 is 1.75 bits per heavy atom. The van der Waals surface area contributed by atoms with Crippen molar-refractivity contribution in [3.63, 3.8) is 0 Å². The van der Waals surface area contributed by atoms with Crippen LogP contribution in [0.25, 0.3) is 22.0 Å². The number of likely N-dealkylation sites (tertiary alicyclic amines) is 1. The number of carbonyl (C=O) groups is 1. The number of nitrogens with one attached hydrogen (secondary N) is 1. The fourth-order valence-corrected chi connectivity index (χ4v) is 5.06. The van der Waals surface area contributed by atoms with E-state index < -0.39 is 0 Å². The van der Waals surface area contributed by atoms with Gasteiger partial charge < -0.3 is 15.0 Å². The number of amides is 1. The van der Waals surface area contributed by atoms with Crippen LogP contribution < -0.4 is 10.1 Å². The van der Waals surface area contributed by atoms with Gasteiger partial charge in [-0.2, -0.15) is 5.10 Å². The van der Waals surface area contributed by atoms with E-state index in [-0.39, 0.29) is 11.9 Å². The predicted molar refractivity (Wildman–Crippen MR) is 145 cm³/mol. The average Bonchev–Trinajstić information content (AvgIpc) is 3.17. The number of benzene rings is 3. The molecule has 0 atom stereocenters. The molecule has 2 heterocycles. The lowest BCUT2D eigenvalue weighted by Gasteiger charge is -2.29. The summed E-state index contributed by atoms with van der Waals surface area (Å²) < 4.78 is 8.09. The smallest absolute Gasteiger partial charge is 0.251 e. The first kappa shape index (κ1) is 24.1. The monoisotopic (exact) mass is 482 g/mol. The maximum Gasteiger partial charge on any atom is 0.251 e. The fourth-order valence-electron chi connectivity index (χ4n) is 5.06. The summed E-state index contributed by atoms with van der Waals surface area (Å²) in [6.45, 7) is 6.17. The van der Waals surface area contributed by atoms with Gasteiger partial charge in [-0.15, -0.1) is 0 Å². The van der Waals surface area contributed by atoms with Crippen LogP contribution in [0.2, 0.25) is 0 Å². The third-order valence-electron chi connectivity index (χ3n) is 7.20. The number of hydrogen-bond acceptors (Lipinski definition) is 4. The summed E-state index contributed by atoms with van der Waals surface area (Å²) in [4.78, 5) is 15.4. The number of carbonyl (C=O) groups excluding carboxylic acids is 1. The maximum absolute atomic E-state index is 13.0. The molecule has 1 aromatic heterocycles. The minimum Gasteiger partial charge on any atom is -0.457 e. The molecule has 0 spiro atoms. The lowest BCUT2D eigenvalue weighted by atomic mass is 9.96. The van der Waals surface area contributed by atoms with Gasteiger partial charge in [0.05, 0.1) is 11.2 Å². The van der Waals surface area contributed by atoms with Crippen molar-refractivity contribution < 1.29 is 9.53 Å². The van der Waals surface area contributed by atoms with Crippen LogP contribution in [0.5, 0.6) is 11.5 Å². The molecule has 0 unspecified atom stereocenters. The highest BCUT2D eigenvalue weighted by Crippen LogP contribution is 2.31. The first-order chi connectivity index (χ1) is 17.4. The largest absolute Gasteiger partial charge is 0.457 e. The van der Waals surface area contributed by atoms with E-state index in [0.717, 1.165) is 82.7 Å². The first-order valence-corrected chi connectivity index (χ1v) is 12.7. The standard InChI is InChI=1S/C30H34N4O2/c1-5-21-17-23(9-11-28(21)30(35)31-24-13-15-33(3)16-14-24)22-7-6-8-25(18-22)36-26-10-12-27-20(2)32-34(4)29(27)19-26/h6-12,17-19,24H,5,13-16H2,1-4H3,(H,31,35). The number of aromatic nitrogens is 2. The zero-order chi connectivity index (χ0) is 25.2. The van der Waals surface area contributed by atoms with Crippen LogP contribution in [0.3, 0.4) is 0 Å². The van der Waals surface area contributed by atoms with Gasteiger partial charge in [-0.1, -0.05) is 31.2 Å². The summed E-state index contributed by atoms with van der Waals surface area (Å²) in [6, 6.07) is 20.5. The number of nitrogens with zero attached hydrogens (tertiary/aromatic N) is 3. The van der Waals surface area contributed by atoms with Crippen molar-refractivity contribution in [1.82, 2.24) is 20.0 Å². The van der Waals surface area contributed by atoms with Gasteiger partial charge in [-0.3, -0.25) is 9.48 Å². The van der Waals surface area contributed by atoms with Crippen LogP contribution in [-0.4, -0.2) is 46.8 Å². The van der Waals surface area contributed by atoms with Crippen molar-refractivity contribution in [3.05, 3.63) is 77.5 Å². The molecule has 1 aliphatic heterocycles. The van der Waals surface area contributed by atoms with E-state index in [9.17, 15) is 4.79 Å². The van der Waals surface area contributed by atoms with Crippen molar-refractivity contribution in [2.45, 2.75) is 39.2 Å². The normalized spacial score (nSPS) is 14.8. The molecule has 1 amide bonds. The quantitative estimate of drug-likeness (QED) is 0.381. The van der Waals surface area contributed by atoms with Crippen LogP contribution in [0.15, 0.2) is 60.7 Å². The summed E-state index contributed by atoms with van der Waals surface area (Å²) in [6.07, 6.45) is 2.80. The third kappa shape index (κ3) is 5.00. The van der Waals surface area contributed by atoms with E-state index in [1.807, 2.05) is 61.1 Å². The molecule has 0 bridgehead atoms. The molecule has 3 aromatic carbocycles. The zero-order valence-corrected chi connectivity index (χ0v) is 21.5. The number of fused-ring (bicyclic) bond motifs is 1. The summed E-state index contributed by atoms with van der Waals surface area (Å²) in [5.74, 6) is 1.58. The Labute approximate surface area is 212 Å². The minimum atomic E-state index is 0.0332. The molecule has 0 radical (unpaired) electrons. The van der Waals surface area contributed by atoms with E-state index in [1.165, 1.54) is 0 Å². The summed E-state index contributed by atoms with van der Waals surface area (Å²) >= 11 is 0. The zero-order valence-electron chi connectivity index (χ0n) is 21.5. The van der Waals surface area contributed by atoms with Gasteiger partial charge in [-0.05, 0) is 93.3 Å². The topological polar surface area (TPSA) is 59.4 Å². The molecule has 5 rings (SSSR count). The number of hydrogen-bond donors (Lipinski definition) is 1. The molecule has 1 N–H and O–H groups in total. The second-order valence-corrected chi connectivity index (χ2v) is 9.79. The highest BCUT2D eigenvalue weighted by molar-refractivity contribution is 5.96. The van der Waals surface area contributed by atoms with Crippen LogP contribution in [0.1, 0.15) is 41.4 Å². The Balaban J connectivity index is 1.34. The van der Waals surface area contributed by atoms with Gasteiger partial charge in [0.25, 0.3) is 5.91 Å². The van der Waals surface area contributed by atoms with Crippen molar-refractivity contribution >= 4 is 16.8 Å². The van der Waals surface area contributed by atoms with Crippen LogP contribution in [0.4, 0.5) is 0 Å². The molecule has 0 aliphatic carbocycles. The average molecular weight is 483 g/mol. The molecule has 36 heavy (non-hydrogen) atoms.